The summed E-state index contributed by atoms with van der Waals surface area (Å²) in [6, 6.07) is 9.11. The van der Waals surface area contributed by atoms with Crippen molar-refractivity contribution in [2.75, 3.05) is 7.05 Å². The number of halogens is 2. The van der Waals surface area contributed by atoms with Crippen LogP contribution in [0.3, 0.4) is 0 Å². The summed E-state index contributed by atoms with van der Waals surface area (Å²) >= 11 is 0. The molecule has 0 aliphatic rings. The summed E-state index contributed by atoms with van der Waals surface area (Å²) in [7, 11) is 1.75. The molecule has 0 saturated heterocycles. The molecule has 1 unspecified atom stereocenters. The summed E-state index contributed by atoms with van der Waals surface area (Å²) in [6.07, 6.45) is 1.67. The van der Waals surface area contributed by atoms with E-state index in [1.807, 2.05) is 18.2 Å². The number of nitrogens with one attached hydrogen (secondary N) is 1. The second-order valence-electron chi connectivity index (χ2n) is 3.65. The van der Waals surface area contributed by atoms with E-state index in [1.165, 1.54) is 6.07 Å². The van der Waals surface area contributed by atoms with E-state index in [1.54, 1.807) is 19.3 Å². The first kappa shape index (κ1) is 11.7. The van der Waals surface area contributed by atoms with Gasteiger partial charge in [-0.15, -0.1) is 0 Å². The fourth-order valence-electron chi connectivity index (χ4n) is 1.72. The van der Waals surface area contributed by atoms with Crippen LogP contribution in [0, 0.1) is 11.6 Å². The van der Waals surface area contributed by atoms with E-state index in [0.29, 0.717) is 5.56 Å². The molecule has 0 bridgehead atoms. The lowest BCUT2D eigenvalue weighted by molar-refractivity contribution is 0.504. The van der Waals surface area contributed by atoms with Crippen molar-refractivity contribution in [3.8, 4) is 0 Å². The Morgan fingerprint density at radius 2 is 1.94 bits per heavy atom. The number of hydrogen-bond donors (Lipinski definition) is 1. The third-order valence-corrected chi connectivity index (χ3v) is 2.55. The van der Waals surface area contributed by atoms with Crippen molar-refractivity contribution in [2.24, 2.45) is 0 Å². The molecule has 88 valence electrons. The molecule has 4 heteroatoms. The van der Waals surface area contributed by atoms with Gasteiger partial charge in [-0.1, -0.05) is 12.1 Å². The van der Waals surface area contributed by atoms with Gasteiger partial charge in [0.15, 0.2) is 11.6 Å². The van der Waals surface area contributed by atoms with Gasteiger partial charge in [0.1, 0.15) is 0 Å². The van der Waals surface area contributed by atoms with Crippen LogP contribution in [-0.4, -0.2) is 12.0 Å². The Kier molecular flexibility index (Phi) is 3.44. The number of hydrogen-bond acceptors (Lipinski definition) is 2. The Balaban J connectivity index is 2.39. The predicted octanol–water partition coefficient (Wildman–Crippen LogP) is 2.67. The van der Waals surface area contributed by atoms with Crippen LogP contribution in [0.4, 0.5) is 8.78 Å². The molecule has 2 rings (SSSR count). The SMILES string of the molecule is CNC(c1ccc(F)c(F)c1)c1ccccn1. The molecular formula is C13H12F2N2. The Bertz CT molecular complexity index is 500. The van der Waals surface area contributed by atoms with Gasteiger partial charge in [-0.25, -0.2) is 8.78 Å². The average molecular weight is 234 g/mol. The third-order valence-electron chi connectivity index (χ3n) is 2.55. The van der Waals surface area contributed by atoms with Crippen molar-refractivity contribution >= 4 is 0 Å². The van der Waals surface area contributed by atoms with Gasteiger partial charge in [0.25, 0.3) is 0 Å². The summed E-state index contributed by atoms with van der Waals surface area (Å²) in [6.45, 7) is 0. The fourth-order valence-corrected chi connectivity index (χ4v) is 1.72. The van der Waals surface area contributed by atoms with E-state index in [-0.39, 0.29) is 6.04 Å². The van der Waals surface area contributed by atoms with Crippen LogP contribution in [0.15, 0.2) is 42.6 Å². The van der Waals surface area contributed by atoms with Crippen LogP contribution in [-0.2, 0) is 0 Å². The number of nitrogens with zero attached hydrogens (tertiary/aromatic N) is 1. The zero-order valence-electron chi connectivity index (χ0n) is 9.32. The fraction of sp³-hybridized carbons (Fsp3) is 0.154. The number of aromatic nitrogens is 1. The van der Waals surface area contributed by atoms with Crippen molar-refractivity contribution in [3.05, 3.63) is 65.5 Å². The maximum atomic E-state index is 13.2. The average Bonchev–Trinajstić information content (AvgIpc) is 2.36. The lowest BCUT2D eigenvalue weighted by Gasteiger charge is -2.16. The van der Waals surface area contributed by atoms with Gasteiger partial charge in [0.2, 0.25) is 0 Å². The van der Waals surface area contributed by atoms with Crippen LogP contribution in [0.25, 0.3) is 0 Å². The highest BCUT2D eigenvalue weighted by Crippen LogP contribution is 2.21. The number of pyridine rings is 1. The minimum absolute atomic E-state index is 0.244. The zero-order valence-corrected chi connectivity index (χ0v) is 9.32. The topological polar surface area (TPSA) is 24.9 Å². The Morgan fingerprint density at radius 3 is 2.53 bits per heavy atom. The molecule has 1 aromatic heterocycles. The zero-order chi connectivity index (χ0) is 12.3. The van der Waals surface area contributed by atoms with Gasteiger partial charge in [-0.3, -0.25) is 4.98 Å². The number of benzene rings is 1. The molecule has 17 heavy (non-hydrogen) atoms. The van der Waals surface area contributed by atoms with Gasteiger partial charge in [0.05, 0.1) is 11.7 Å². The molecule has 1 atom stereocenters. The van der Waals surface area contributed by atoms with Crippen molar-refractivity contribution in [2.45, 2.75) is 6.04 Å². The molecule has 0 radical (unpaired) electrons. The van der Waals surface area contributed by atoms with E-state index in [4.69, 9.17) is 0 Å². The van der Waals surface area contributed by atoms with Gasteiger partial charge in [-0.05, 0) is 36.9 Å². The molecule has 2 aromatic rings. The lowest BCUT2D eigenvalue weighted by Crippen LogP contribution is -2.19. The molecule has 0 saturated carbocycles. The molecule has 1 heterocycles. The van der Waals surface area contributed by atoms with Gasteiger partial charge >= 0.3 is 0 Å². The molecule has 0 aliphatic heterocycles. The molecule has 0 spiro atoms. The highest BCUT2D eigenvalue weighted by molar-refractivity contribution is 5.28. The first-order valence-electron chi connectivity index (χ1n) is 5.25. The summed E-state index contributed by atoms with van der Waals surface area (Å²) in [4.78, 5) is 4.20. The first-order valence-corrected chi connectivity index (χ1v) is 5.25. The second kappa shape index (κ2) is 5.01. The van der Waals surface area contributed by atoms with E-state index < -0.39 is 11.6 Å². The predicted molar refractivity (Wildman–Crippen MR) is 61.5 cm³/mol. The highest BCUT2D eigenvalue weighted by Gasteiger charge is 2.14. The van der Waals surface area contributed by atoms with Gasteiger partial charge in [0, 0.05) is 6.20 Å². The minimum Gasteiger partial charge on any atom is -0.308 e. The molecule has 0 aliphatic carbocycles. The Hall–Kier alpha value is -1.81. The monoisotopic (exact) mass is 234 g/mol. The maximum absolute atomic E-state index is 13.2. The van der Waals surface area contributed by atoms with Crippen LogP contribution in [0.1, 0.15) is 17.3 Å². The van der Waals surface area contributed by atoms with Crippen LogP contribution >= 0.6 is 0 Å². The second-order valence-corrected chi connectivity index (χ2v) is 3.65. The number of rotatable bonds is 3. The first-order chi connectivity index (χ1) is 8.22. The van der Waals surface area contributed by atoms with E-state index in [2.05, 4.69) is 10.3 Å². The highest BCUT2D eigenvalue weighted by atomic mass is 19.2. The molecular weight excluding hydrogens is 222 g/mol. The molecule has 0 amide bonds. The molecule has 1 aromatic carbocycles. The minimum atomic E-state index is -0.848. The van der Waals surface area contributed by atoms with E-state index >= 15 is 0 Å². The van der Waals surface area contributed by atoms with E-state index in [9.17, 15) is 8.78 Å². The van der Waals surface area contributed by atoms with Crippen LogP contribution < -0.4 is 5.32 Å². The summed E-state index contributed by atoms with van der Waals surface area (Å²) in [5, 5.41) is 3.03. The van der Waals surface area contributed by atoms with Crippen molar-refractivity contribution in [3.63, 3.8) is 0 Å². The van der Waals surface area contributed by atoms with Gasteiger partial charge < -0.3 is 5.32 Å². The third kappa shape index (κ3) is 2.47. The van der Waals surface area contributed by atoms with Crippen molar-refractivity contribution in [1.82, 2.24) is 10.3 Å². The standard InChI is InChI=1S/C13H12F2N2/c1-16-13(12-4-2-3-7-17-12)9-5-6-10(14)11(15)8-9/h2-8,13,16H,1H3. The lowest BCUT2D eigenvalue weighted by atomic mass is 10.0. The quantitative estimate of drug-likeness (QED) is 0.883. The smallest absolute Gasteiger partial charge is 0.159 e. The summed E-state index contributed by atoms with van der Waals surface area (Å²) in [5.41, 5.74) is 1.41. The molecule has 2 nitrogen and oxygen atoms in total. The Labute approximate surface area is 98.3 Å². The van der Waals surface area contributed by atoms with Crippen molar-refractivity contribution < 1.29 is 8.78 Å². The van der Waals surface area contributed by atoms with Gasteiger partial charge in [-0.2, -0.15) is 0 Å². The molecule has 0 fully saturated rings. The Morgan fingerprint density at radius 1 is 1.12 bits per heavy atom. The van der Waals surface area contributed by atoms with E-state index in [0.717, 1.165) is 11.8 Å². The maximum Gasteiger partial charge on any atom is 0.159 e. The summed E-state index contributed by atoms with van der Waals surface area (Å²) < 4.78 is 26.0. The largest absolute Gasteiger partial charge is 0.308 e. The van der Waals surface area contributed by atoms with Crippen LogP contribution in [0.5, 0.6) is 0 Å². The van der Waals surface area contributed by atoms with Crippen molar-refractivity contribution in [1.29, 1.82) is 0 Å². The summed E-state index contributed by atoms with van der Waals surface area (Å²) in [5.74, 6) is -1.69. The normalized spacial score (nSPS) is 12.4. The van der Waals surface area contributed by atoms with Crippen LogP contribution in [0.2, 0.25) is 0 Å². The molecule has 1 N–H and O–H groups in total.